The Morgan fingerprint density at radius 1 is 1.24 bits per heavy atom. The molecule has 2 aromatic rings. The zero-order valence-electron chi connectivity index (χ0n) is 19.0. The van der Waals surface area contributed by atoms with Crippen molar-refractivity contribution in [3.8, 4) is 5.75 Å². The second kappa shape index (κ2) is 10.2. The maximum atomic E-state index is 13.6. The number of carbonyl (C=O) groups excluding carboxylic acids is 2. The predicted octanol–water partition coefficient (Wildman–Crippen LogP) is 2.32. The number of methoxy groups -OCH3 is 1. The summed E-state index contributed by atoms with van der Waals surface area (Å²) >= 11 is 0. The van der Waals surface area contributed by atoms with Crippen molar-refractivity contribution < 1.29 is 29.6 Å². The van der Waals surface area contributed by atoms with Crippen LogP contribution in [0.15, 0.2) is 54.6 Å². The zero-order chi connectivity index (χ0) is 24.2. The number of nitrogens with zero attached hydrogens (tertiary/aromatic N) is 1. The van der Waals surface area contributed by atoms with E-state index < -0.39 is 29.4 Å². The standard InChI is InChI=1S/C25H30N2O6/c1-16(7-4-5-12-28)25(32)21-14-20(33-3)10-11-22(21)27(24(25)31)15-18-8-6-9-19(13-18)26-23(30)17(2)29/h4,6-11,13-14,16-17,28-29,32H,5,12,15H2,1-3H3,(H,26,30)/b7-4+/t16-,17+,25+/m1/s1. The topological polar surface area (TPSA) is 119 Å². The van der Waals surface area contributed by atoms with Crippen LogP contribution >= 0.6 is 0 Å². The van der Waals surface area contributed by atoms with E-state index in [1.165, 1.54) is 18.9 Å². The number of aliphatic hydroxyl groups is 3. The number of nitrogens with one attached hydrogen (secondary N) is 1. The molecule has 0 unspecified atom stereocenters. The summed E-state index contributed by atoms with van der Waals surface area (Å²) in [4.78, 5) is 26.9. The van der Waals surface area contributed by atoms with Crippen LogP contribution in [-0.2, 0) is 21.7 Å². The molecule has 4 N–H and O–H groups in total. The molecule has 176 valence electrons. The highest BCUT2D eigenvalue weighted by molar-refractivity contribution is 6.07. The Hall–Kier alpha value is -3.20. The minimum atomic E-state index is -1.80. The van der Waals surface area contributed by atoms with E-state index in [2.05, 4.69) is 5.32 Å². The molecular weight excluding hydrogens is 424 g/mol. The van der Waals surface area contributed by atoms with E-state index in [0.717, 1.165) is 5.56 Å². The molecular formula is C25H30N2O6. The Kier molecular flexibility index (Phi) is 7.53. The molecule has 33 heavy (non-hydrogen) atoms. The van der Waals surface area contributed by atoms with Crippen molar-refractivity contribution in [3.05, 3.63) is 65.7 Å². The Bertz CT molecular complexity index is 1050. The van der Waals surface area contributed by atoms with Crippen LogP contribution in [0.3, 0.4) is 0 Å². The van der Waals surface area contributed by atoms with Crippen molar-refractivity contribution in [1.29, 1.82) is 0 Å². The van der Waals surface area contributed by atoms with Gasteiger partial charge in [0.1, 0.15) is 11.9 Å². The third-order valence-corrected chi connectivity index (χ3v) is 5.77. The lowest BCUT2D eigenvalue weighted by molar-refractivity contribution is -0.139. The molecule has 3 rings (SSSR count). The number of hydrogen-bond donors (Lipinski definition) is 4. The fraction of sp³-hybridized carbons (Fsp3) is 0.360. The van der Waals surface area contributed by atoms with E-state index in [4.69, 9.17) is 9.84 Å². The first kappa shape index (κ1) is 24.4. The lowest BCUT2D eigenvalue weighted by Crippen LogP contribution is -2.44. The van der Waals surface area contributed by atoms with Gasteiger partial charge in [0.15, 0.2) is 5.60 Å². The fourth-order valence-corrected chi connectivity index (χ4v) is 3.90. The Morgan fingerprint density at radius 2 is 2.00 bits per heavy atom. The highest BCUT2D eigenvalue weighted by Crippen LogP contribution is 2.47. The molecule has 1 heterocycles. The van der Waals surface area contributed by atoms with Gasteiger partial charge in [-0.15, -0.1) is 0 Å². The summed E-state index contributed by atoms with van der Waals surface area (Å²) in [5.41, 5.74) is 0.459. The largest absolute Gasteiger partial charge is 0.497 e. The van der Waals surface area contributed by atoms with Gasteiger partial charge in [0, 0.05) is 23.8 Å². The van der Waals surface area contributed by atoms with Crippen LogP contribution in [0.1, 0.15) is 31.4 Å². The van der Waals surface area contributed by atoms with E-state index in [-0.39, 0.29) is 13.2 Å². The number of fused-ring (bicyclic) bond motifs is 1. The molecule has 0 spiro atoms. The summed E-state index contributed by atoms with van der Waals surface area (Å²) in [6.45, 7) is 3.29. The van der Waals surface area contributed by atoms with Gasteiger partial charge in [-0.05, 0) is 49.2 Å². The summed E-state index contributed by atoms with van der Waals surface area (Å²) in [5.74, 6) is -1.02. The van der Waals surface area contributed by atoms with Gasteiger partial charge >= 0.3 is 0 Å². The monoisotopic (exact) mass is 454 g/mol. The predicted molar refractivity (Wildman–Crippen MR) is 125 cm³/mol. The minimum Gasteiger partial charge on any atom is -0.497 e. The molecule has 8 heteroatoms. The molecule has 2 amide bonds. The minimum absolute atomic E-state index is 0.0198. The second-order valence-electron chi connectivity index (χ2n) is 8.14. The van der Waals surface area contributed by atoms with Gasteiger partial charge in [0.25, 0.3) is 11.8 Å². The maximum absolute atomic E-state index is 13.6. The van der Waals surface area contributed by atoms with Gasteiger partial charge in [-0.3, -0.25) is 9.59 Å². The van der Waals surface area contributed by atoms with Gasteiger partial charge in [0.2, 0.25) is 0 Å². The SMILES string of the molecule is COc1ccc2c(c1)[C@@](O)([C@H](C)/C=C/CCO)C(=O)N2Cc1cccc(NC(=O)[C@H](C)O)c1. The Balaban J connectivity index is 1.96. The first-order valence-corrected chi connectivity index (χ1v) is 10.8. The first-order valence-electron chi connectivity index (χ1n) is 10.8. The summed E-state index contributed by atoms with van der Waals surface area (Å²) in [5, 5.41) is 32.8. The Labute approximate surface area is 193 Å². The van der Waals surface area contributed by atoms with Crippen molar-refractivity contribution in [1.82, 2.24) is 0 Å². The van der Waals surface area contributed by atoms with Crippen molar-refractivity contribution >= 4 is 23.2 Å². The van der Waals surface area contributed by atoms with Gasteiger partial charge < -0.3 is 30.3 Å². The maximum Gasteiger partial charge on any atom is 0.264 e. The molecule has 3 atom stereocenters. The summed E-state index contributed by atoms with van der Waals surface area (Å²) in [6.07, 6.45) is 2.75. The molecule has 0 saturated heterocycles. The molecule has 1 aliphatic rings. The highest BCUT2D eigenvalue weighted by atomic mass is 16.5. The third kappa shape index (κ3) is 4.93. The number of carbonyl (C=O) groups is 2. The van der Waals surface area contributed by atoms with Gasteiger partial charge in [0.05, 0.1) is 19.3 Å². The molecule has 0 fully saturated rings. The fourth-order valence-electron chi connectivity index (χ4n) is 3.90. The molecule has 8 nitrogen and oxygen atoms in total. The number of benzene rings is 2. The molecule has 2 aromatic carbocycles. The third-order valence-electron chi connectivity index (χ3n) is 5.77. The van der Waals surface area contributed by atoms with Crippen LogP contribution in [0.25, 0.3) is 0 Å². The average molecular weight is 455 g/mol. The highest BCUT2D eigenvalue weighted by Gasteiger charge is 2.52. The number of rotatable bonds is 9. The van der Waals surface area contributed by atoms with E-state index in [9.17, 15) is 19.8 Å². The van der Waals surface area contributed by atoms with Gasteiger partial charge in [-0.1, -0.05) is 31.2 Å². The molecule has 0 bridgehead atoms. The van der Waals surface area contributed by atoms with E-state index in [1.807, 2.05) is 6.07 Å². The molecule has 0 aromatic heterocycles. The van der Waals surface area contributed by atoms with E-state index in [1.54, 1.807) is 55.5 Å². The number of ether oxygens (including phenoxy) is 1. The summed E-state index contributed by atoms with van der Waals surface area (Å²) in [7, 11) is 1.52. The van der Waals surface area contributed by atoms with Crippen molar-refractivity contribution in [3.63, 3.8) is 0 Å². The number of anilines is 2. The van der Waals surface area contributed by atoms with E-state index in [0.29, 0.717) is 29.1 Å². The normalized spacial score (nSPS) is 19.5. The van der Waals surface area contributed by atoms with Crippen molar-refractivity contribution in [2.24, 2.45) is 5.92 Å². The smallest absolute Gasteiger partial charge is 0.264 e. The number of amides is 2. The second-order valence-corrected chi connectivity index (χ2v) is 8.14. The van der Waals surface area contributed by atoms with Crippen LogP contribution in [0.2, 0.25) is 0 Å². The van der Waals surface area contributed by atoms with Crippen LogP contribution < -0.4 is 15.0 Å². The average Bonchev–Trinajstić information content (AvgIpc) is 3.01. The zero-order valence-corrected chi connectivity index (χ0v) is 19.0. The first-order chi connectivity index (χ1) is 15.7. The lowest BCUT2D eigenvalue weighted by atomic mass is 9.83. The van der Waals surface area contributed by atoms with Gasteiger partial charge in [-0.2, -0.15) is 0 Å². The van der Waals surface area contributed by atoms with Crippen LogP contribution in [0, 0.1) is 5.92 Å². The van der Waals surface area contributed by atoms with Crippen LogP contribution in [0.4, 0.5) is 11.4 Å². The number of hydrogen-bond acceptors (Lipinski definition) is 6. The van der Waals surface area contributed by atoms with Crippen LogP contribution in [0.5, 0.6) is 5.75 Å². The van der Waals surface area contributed by atoms with Crippen molar-refractivity contribution in [2.45, 2.75) is 38.5 Å². The summed E-state index contributed by atoms with van der Waals surface area (Å²) < 4.78 is 5.32. The molecule has 0 saturated carbocycles. The summed E-state index contributed by atoms with van der Waals surface area (Å²) in [6, 6.07) is 12.1. The Morgan fingerprint density at radius 3 is 2.67 bits per heavy atom. The molecule has 0 aliphatic carbocycles. The lowest BCUT2D eigenvalue weighted by Gasteiger charge is -2.28. The molecule has 1 aliphatic heterocycles. The molecule has 0 radical (unpaired) electrons. The van der Waals surface area contributed by atoms with Crippen molar-refractivity contribution in [2.75, 3.05) is 23.9 Å². The number of aliphatic hydroxyl groups excluding tert-OH is 2. The quantitative estimate of drug-likeness (QED) is 0.432. The van der Waals surface area contributed by atoms with E-state index >= 15 is 0 Å². The van der Waals surface area contributed by atoms with Crippen LogP contribution in [-0.4, -0.2) is 47.0 Å². The van der Waals surface area contributed by atoms with Gasteiger partial charge in [-0.25, -0.2) is 0 Å².